The third-order valence-corrected chi connectivity index (χ3v) is 2.35. The highest BCUT2D eigenvalue weighted by molar-refractivity contribution is 5.83. The summed E-state index contributed by atoms with van der Waals surface area (Å²) in [6, 6.07) is 0. The van der Waals surface area contributed by atoms with Crippen LogP contribution in [-0.4, -0.2) is 19.2 Å². The van der Waals surface area contributed by atoms with E-state index in [-0.39, 0.29) is 18.0 Å². The molecule has 74 valence electrons. The number of hydrogen-bond donors (Lipinski definition) is 0. The Morgan fingerprint density at radius 1 is 1.54 bits per heavy atom. The van der Waals surface area contributed by atoms with Gasteiger partial charge in [-0.25, -0.2) is 4.79 Å². The van der Waals surface area contributed by atoms with Crippen molar-refractivity contribution in [1.82, 2.24) is 0 Å². The van der Waals surface area contributed by atoms with Gasteiger partial charge in [-0.2, -0.15) is 0 Å². The Hall–Kier alpha value is -0.990. The number of ether oxygens (including phenoxy) is 2. The van der Waals surface area contributed by atoms with Gasteiger partial charge in [-0.3, -0.25) is 0 Å². The summed E-state index contributed by atoms with van der Waals surface area (Å²) in [6.45, 7) is 6.08. The number of carbonyl (C=O) groups excluding carboxylic acids is 1. The minimum absolute atomic E-state index is 0.0625. The quantitative estimate of drug-likeness (QED) is 0.613. The topological polar surface area (TPSA) is 35.5 Å². The first kappa shape index (κ1) is 10.1. The molecule has 0 aromatic carbocycles. The van der Waals surface area contributed by atoms with E-state index in [9.17, 15) is 4.79 Å². The van der Waals surface area contributed by atoms with Crippen LogP contribution in [0.1, 0.15) is 20.8 Å². The third-order valence-electron chi connectivity index (χ3n) is 2.35. The summed E-state index contributed by atoms with van der Waals surface area (Å²) in [4.78, 5) is 11.1. The van der Waals surface area contributed by atoms with Gasteiger partial charge in [0, 0.05) is 0 Å². The maximum absolute atomic E-state index is 11.1. The van der Waals surface area contributed by atoms with Crippen molar-refractivity contribution in [3.8, 4) is 0 Å². The molecular formula is C10H16O3. The second-order valence-electron chi connectivity index (χ2n) is 3.69. The van der Waals surface area contributed by atoms with E-state index in [4.69, 9.17) is 9.47 Å². The summed E-state index contributed by atoms with van der Waals surface area (Å²) in [7, 11) is 1.58. The molecule has 0 bridgehead atoms. The summed E-state index contributed by atoms with van der Waals surface area (Å²) in [5, 5.41) is 0. The van der Waals surface area contributed by atoms with E-state index in [1.54, 1.807) is 7.11 Å². The Labute approximate surface area is 78.7 Å². The van der Waals surface area contributed by atoms with Crippen LogP contribution in [0.15, 0.2) is 11.8 Å². The maximum atomic E-state index is 11.1. The van der Waals surface area contributed by atoms with Gasteiger partial charge in [-0.05, 0) is 5.92 Å². The molecule has 0 aliphatic carbocycles. The first-order chi connectivity index (χ1) is 6.06. The lowest BCUT2D eigenvalue weighted by Gasteiger charge is -2.31. The Kier molecular flexibility index (Phi) is 2.96. The fourth-order valence-corrected chi connectivity index (χ4v) is 1.64. The van der Waals surface area contributed by atoms with Crippen molar-refractivity contribution in [1.29, 1.82) is 0 Å². The highest BCUT2D eigenvalue weighted by Crippen LogP contribution is 2.27. The number of carbonyl (C=O) groups is 1. The Morgan fingerprint density at radius 3 is 2.62 bits per heavy atom. The highest BCUT2D eigenvalue weighted by Gasteiger charge is 2.32. The summed E-state index contributed by atoms with van der Waals surface area (Å²) < 4.78 is 10.3. The van der Waals surface area contributed by atoms with E-state index in [1.807, 2.05) is 20.8 Å². The van der Waals surface area contributed by atoms with Crippen LogP contribution in [-0.2, 0) is 14.3 Å². The number of rotatable bonds is 2. The molecule has 13 heavy (non-hydrogen) atoms. The van der Waals surface area contributed by atoms with Crippen LogP contribution in [0.25, 0.3) is 0 Å². The van der Waals surface area contributed by atoms with Crippen LogP contribution in [0.4, 0.5) is 0 Å². The van der Waals surface area contributed by atoms with Crippen LogP contribution >= 0.6 is 0 Å². The van der Waals surface area contributed by atoms with Gasteiger partial charge in [-0.1, -0.05) is 20.8 Å². The van der Waals surface area contributed by atoms with Gasteiger partial charge >= 0.3 is 5.97 Å². The molecule has 0 spiro atoms. The molecule has 2 atom stereocenters. The number of esters is 1. The third kappa shape index (κ3) is 2.02. The van der Waals surface area contributed by atoms with Crippen molar-refractivity contribution in [2.75, 3.05) is 7.11 Å². The molecule has 0 radical (unpaired) electrons. The molecule has 0 N–H and O–H groups in total. The van der Waals surface area contributed by atoms with Gasteiger partial charge < -0.3 is 9.47 Å². The van der Waals surface area contributed by atoms with Crippen LogP contribution in [0, 0.1) is 11.8 Å². The lowest BCUT2D eigenvalue weighted by atomic mass is 9.91. The molecule has 1 aliphatic rings. The molecule has 1 rings (SSSR count). The van der Waals surface area contributed by atoms with Crippen LogP contribution in [0.2, 0.25) is 0 Å². The summed E-state index contributed by atoms with van der Waals surface area (Å²) in [6.07, 6.45) is 1.36. The fourth-order valence-electron chi connectivity index (χ4n) is 1.64. The minimum Gasteiger partial charge on any atom is -0.500 e. The van der Waals surface area contributed by atoms with E-state index in [1.165, 1.54) is 6.08 Å². The predicted molar refractivity (Wildman–Crippen MR) is 49.0 cm³/mol. The molecule has 0 saturated carbocycles. The van der Waals surface area contributed by atoms with Crippen LogP contribution < -0.4 is 0 Å². The van der Waals surface area contributed by atoms with Crippen LogP contribution in [0.5, 0.6) is 0 Å². The lowest BCUT2D eigenvalue weighted by Crippen LogP contribution is -2.35. The Bertz CT molecular complexity index is 230. The van der Waals surface area contributed by atoms with Crippen molar-refractivity contribution in [3.05, 3.63) is 11.8 Å². The molecule has 1 heterocycles. The van der Waals surface area contributed by atoms with E-state index in [0.29, 0.717) is 5.92 Å². The molecule has 3 heteroatoms. The average molecular weight is 184 g/mol. The van der Waals surface area contributed by atoms with E-state index in [0.717, 1.165) is 5.76 Å². The van der Waals surface area contributed by atoms with Crippen molar-refractivity contribution < 1.29 is 14.3 Å². The molecule has 0 fully saturated rings. The minimum atomic E-state index is -0.298. The first-order valence-corrected chi connectivity index (χ1v) is 4.52. The molecule has 0 saturated heterocycles. The summed E-state index contributed by atoms with van der Waals surface area (Å²) in [5.41, 5.74) is 0. The maximum Gasteiger partial charge on any atom is 0.334 e. The van der Waals surface area contributed by atoms with E-state index in [2.05, 4.69) is 0 Å². The van der Waals surface area contributed by atoms with Gasteiger partial charge in [-0.15, -0.1) is 0 Å². The molecule has 0 amide bonds. The second-order valence-corrected chi connectivity index (χ2v) is 3.69. The van der Waals surface area contributed by atoms with Crippen molar-refractivity contribution in [2.24, 2.45) is 11.8 Å². The van der Waals surface area contributed by atoms with Crippen LogP contribution in [0.3, 0.4) is 0 Å². The zero-order valence-electron chi connectivity index (χ0n) is 8.53. The lowest BCUT2D eigenvalue weighted by molar-refractivity contribution is -0.151. The largest absolute Gasteiger partial charge is 0.500 e. The van der Waals surface area contributed by atoms with Crippen molar-refractivity contribution >= 4 is 5.97 Å². The molecule has 0 aromatic heterocycles. The average Bonchev–Trinajstić information content (AvgIpc) is 2.08. The standard InChI is InChI=1S/C10H16O3/c1-6(2)10-7(3)8(12-4)5-9(11)13-10/h5-7,10H,1-4H3/t7-,10-/m0/s1. The van der Waals surface area contributed by atoms with E-state index < -0.39 is 0 Å². The normalized spacial score (nSPS) is 28.4. The van der Waals surface area contributed by atoms with Gasteiger partial charge in [0.2, 0.25) is 0 Å². The SMILES string of the molecule is COC1=CC(=O)O[C@@H](C(C)C)[C@H]1C. The molecule has 0 unspecified atom stereocenters. The zero-order chi connectivity index (χ0) is 10.0. The van der Waals surface area contributed by atoms with Gasteiger partial charge in [0.1, 0.15) is 11.9 Å². The summed E-state index contributed by atoms with van der Waals surface area (Å²) >= 11 is 0. The Morgan fingerprint density at radius 2 is 2.15 bits per heavy atom. The smallest absolute Gasteiger partial charge is 0.334 e. The molecule has 1 aliphatic heterocycles. The van der Waals surface area contributed by atoms with Gasteiger partial charge in [0.05, 0.1) is 19.1 Å². The number of cyclic esters (lactones) is 1. The predicted octanol–water partition coefficient (Wildman–Crippen LogP) is 1.73. The molecular weight excluding hydrogens is 168 g/mol. The molecule has 3 nitrogen and oxygen atoms in total. The van der Waals surface area contributed by atoms with Gasteiger partial charge in [0.25, 0.3) is 0 Å². The van der Waals surface area contributed by atoms with Crippen molar-refractivity contribution in [3.63, 3.8) is 0 Å². The first-order valence-electron chi connectivity index (χ1n) is 4.52. The fraction of sp³-hybridized carbons (Fsp3) is 0.700. The number of methoxy groups -OCH3 is 1. The van der Waals surface area contributed by atoms with Gasteiger partial charge in [0.15, 0.2) is 0 Å². The number of hydrogen-bond acceptors (Lipinski definition) is 3. The highest BCUT2D eigenvalue weighted by atomic mass is 16.6. The second kappa shape index (κ2) is 3.81. The molecule has 0 aromatic rings. The van der Waals surface area contributed by atoms with Crippen molar-refractivity contribution in [2.45, 2.75) is 26.9 Å². The zero-order valence-corrected chi connectivity index (χ0v) is 8.53. The Balaban J connectivity index is 2.84. The monoisotopic (exact) mass is 184 g/mol. The summed E-state index contributed by atoms with van der Waals surface area (Å²) in [5.74, 6) is 0.893. The van der Waals surface area contributed by atoms with E-state index >= 15 is 0 Å².